The van der Waals surface area contributed by atoms with E-state index in [2.05, 4.69) is 9.88 Å². The van der Waals surface area contributed by atoms with Gasteiger partial charge in [0.2, 0.25) is 0 Å². The van der Waals surface area contributed by atoms with E-state index >= 15 is 0 Å². The van der Waals surface area contributed by atoms with Crippen molar-refractivity contribution in [2.75, 3.05) is 18.5 Å². The number of hydroxylamine groups is 1. The fourth-order valence-corrected chi connectivity index (χ4v) is 3.21. The van der Waals surface area contributed by atoms with Crippen LogP contribution in [0.5, 0.6) is 0 Å². The molecule has 6 nitrogen and oxygen atoms in total. The van der Waals surface area contributed by atoms with Gasteiger partial charge in [0.05, 0.1) is 0 Å². The lowest BCUT2D eigenvalue weighted by molar-refractivity contribution is -0.103. The maximum Gasteiger partial charge on any atom is 0.274 e. The number of aldehydes is 1. The van der Waals surface area contributed by atoms with E-state index in [1.54, 1.807) is 60.3 Å². The number of likely N-dealkylation sites (N-methyl/N-ethyl adjacent to an activating group) is 1. The van der Waals surface area contributed by atoms with Gasteiger partial charge in [0.1, 0.15) is 5.82 Å². The number of anilines is 1. The highest BCUT2D eigenvalue weighted by Gasteiger charge is 2.17. The Bertz CT molecular complexity index is 1080. The molecule has 31 heavy (non-hydrogen) atoms. The SMILES string of the molecule is CN1CCc2ccc(C(=O)NO)cc21.O=C/C(=C/c1ccncc1)c1ccc(F)cc1. The normalized spacial score (nSPS) is 12.5. The van der Waals surface area contributed by atoms with Gasteiger partial charge in [-0.25, -0.2) is 9.87 Å². The lowest BCUT2D eigenvalue weighted by Gasteiger charge is -2.12. The molecule has 0 saturated carbocycles. The first-order chi connectivity index (χ1) is 15.0. The molecular formula is C24H22FN3O3. The van der Waals surface area contributed by atoms with Crippen LogP contribution >= 0.6 is 0 Å². The number of amides is 1. The van der Waals surface area contributed by atoms with Crippen LogP contribution in [0.25, 0.3) is 11.6 Å². The number of halogens is 1. The molecule has 1 aromatic heterocycles. The van der Waals surface area contributed by atoms with Crippen molar-refractivity contribution >= 4 is 29.5 Å². The molecule has 0 saturated heterocycles. The van der Waals surface area contributed by atoms with Gasteiger partial charge in [0.15, 0.2) is 6.29 Å². The van der Waals surface area contributed by atoms with E-state index in [0.717, 1.165) is 30.5 Å². The number of rotatable bonds is 4. The summed E-state index contributed by atoms with van der Waals surface area (Å²) in [6.45, 7) is 0.986. The molecule has 1 aliphatic rings. The maximum absolute atomic E-state index is 12.8. The molecule has 0 unspecified atom stereocenters. The molecule has 2 aromatic carbocycles. The minimum Gasteiger partial charge on any atom is -0.374 e. The maximum atomic E-state index is 12.8. The van der Waals surface area contributed by atoms with Crippen LogP contribution in [0.2, 0.25) is 0 Å². The summed E-state index contributed by atoms with van der Waals surface area (Å²) in [5.41, 5.74) is 6.53. The zero-order valence-electron chi connectivity index (χ0n) is 17.0. The van der Waals surface area contributed by atoms with E-state index in [-0.39, 0.29) is 5.82 Å². The Labute approximate surface area is 179 Å². The molecule has 1 aliphatic heterocycles. The smallest absolute Gasteiger partial charge is 0.274 e. The molecule has 0 atom stereocenters. The molecule has 0 bridgehead atoms. The van der Waals surface area contributed by atoms with Gasteiger partial charge in [0.25, 0.3) is 5.91 Å². The van der Waals surface area contributed by atoms with Gasteiger partial charge in [-0.2, -0.15) is 0 Å². The minimum atomic E-state index is -0.465. The van der Waals surface area contributed by atoms with Crippen molar-refractivity contribution in [3.05, 3.63) is 95.1 Å². The molecule has 158 valence electrons. The fraction of sp³-hybridized carbons (Fsp3) is 0.125. The number of carbonyl (C=O) groups excluding carboxylic acids is 2. The Morgan fingerprint density at radius 3 is 2.42 bits per heavy atom. The number of nitrogens with one attached hydrogen (secondary N) is 1. The average molecular weight is 419 g/mol. The van der Waals surface area contributed by atoms with Gasteiger partial charge in [-0.3, -0.25) is 19.8 Å². The van der Waals surface area contributed by atoms with E-state index in [0.29, 0.717) is 16.7 Å². The Kier molecular flexibility index (Phi) is 7.24. The number of hydrogen-bond acceptors (Lipinski definition) is 5. The third-order valence-electron chi connectivity index (χ3n) is 4.91. The van der Waals surface area contributed by atoms with Crippen LogP contribution in [0, 0.1) is 5.82 Å². The van der Waals surface area contributed by atoms with Crippen molar-refractivity contribution in [3.8, 4) is 0 Å². The van der Waals surface area contributed by atoms with Gasteiger partial charge in [-0.1, -0.05) is 18.2 Å². The number of fused-ring (bicyclic) bond motifs is 1. The summed E-state index contributed by atoms with van der Waals surface area (Å²) in [5.74, 6) is -0.781. The zero-order valence-corrected chi connectivity index (χ0v) is 17.0. The Morgan fingerprint density at radius 2 is 1.77 bits per heavy atom. The fourth-order valence-electron chi connectivity index (χ4n) is 3.21. The Hall–Kier alpha value is -3.84. The third kappa shape index (κ3) is 5.61. The largest absolute Gasteiger partial charge is 0.374 e. The summed E-state index contributed by atoms with van der Waals surface area (Å²) in [4.78, 5) is 28.2. The highest BCUT2D eigenvalue weighted by molar-refractivity contribution is 6.13. The zero-order chi connectivity index (χ0) is 22.2. The van der Waals surface area contributed by atoms with Crippen molar-refractivity contribution in [2.24, 2.45) is 0 Å². The molecule has 0 radical (unpaired) electrons. The number of benzene rings is 2. The lowest BCUT2D eigenvalue weighted by atomic mass is 10.0. The van der Waals surface area contributed by atoms with Crippen LogP contribution in [-0.4, -0.2) is 36.0 Å². The summed E-state index contributed by atoms with van der Waals surface area (Å²) in [7, 11) is 1.99. The molecule has 0 fully saturated rings. The molecule has 2 heterocycles. The second-order valence-corrected chi connectivity index (χ2v) is 6.96. The van der Waals surface area contributed by atoms with Gasteiger partial charge < -0.3 is 4.90 Å². The van der Waals surface area contributed by atoms with Crippen LogP contribution in [-0.2, 0) is 11.2 Å². The quantitative estimate of drug-likeness (QED) is 0.291. The molecule has 7 heteroatoms. The highest BCUT2D eigenvalue weighted by Crippen LogP contribution is 2.27. The van der Waals surface area contributed by atoms with Gasteiger partial charge >= 0.3 is 0 Å². The Balaban J connectivity index is 0.000000179. The minimum absolute atomic E-state index is 0.317. The topological polar surface area (TPSA) is 82.5 Å². The number of hydrogen-bond donors (Lipinski definition) is 2. The van der Waals surface area contributed by atoms with Crippen molar-refractivity contribution in [1.82, 2.24) is 10.5 Å². The lowest BCUT2D eigenvalue weighted by Crippen LogP contribution is -2.19. The number of pyridine rings is 1. The van der Waals surface area contributed by atoms with Gasteiger partial charge in [0, 0.05) is 42.8 Å². The molecule has 3 aromatic rings. The Morgan fingerprint density at radius 1 is 1.10 bits per heavy atom. The van der Waals surface area contributed by atoms with E-state index < -0.39 is 5.91 Å². The highest BCUT2D eigenvalue weighted by atomic mass is 19.1. The van der Waals surface area contributed by atoms with E-state index in [9.17, 15) is 14.0 Å². The van der Waals surface area contributed by atoms with Crippen molar-refractivity contribution < 1.29 is 19.2 Å². The molecule has 2 N–H and O–H groups in total. The summed E-state index contributed by atoms with van der Waals surface area (Å²) in [6.07, 6.45) is 6.82. The first-order valence-corrected chi connectivity index (χ1v) is 9.63. The summed E-state index contributed by atoms with van der Waals surface area (Å²) in [6, 6.07) is 14.9. The van der Waals surface area contributed by atoms with Crippen molar-refractivity contribution in [3.63, 3.8) is 0 Å². The van der Waals surface area contributed by atoms with Crippen LogP contribution in [0.1, 0.15) is 27.0 Å². The first-order valence-electron chi connectivity index (χ1n) is 9.63. The predicted molar refractivity (Wildman–Crippen MR) is 117 cm³/mol. The van der Waals surface area contributed by atoms with Crippen LogP contribution in [0.15, 0.2) is 67.0 Å². The van der Waals surface area contributed by atoms with Crippen molar-refractivity contribution in [2.45, 2.75) is 6.42 Å². The summed E-state index contributed by atoms with van der Waals surface area (Å²) in [5, 5.41) is 8.49. The van der Waals surface area contributed by atoms with E-state index in [1.165, 1.54) is 17.7 Å². The number of carbonyl (C=O) groups is 2. The van der Waals surface area contributed by atoms with Gasteiger partial charge in [-0.15, -0.1) is 0 Å². The molecule has 0 aliphatic carbocycles. The van der Waals surface area contributed by atoms with Crippen LogP contribution in [0.4, 0.5) is 10.1 Å². The molecular weight excluding hydrogens is 397 g/mol. The second-order valence-electron chi connectivity index (χ2n) is 6.96. The molecule has 4 rings (SSSR count). The van der Waals surface area contributed by atoms with E-state index in [1.807, 2.05) is 13.1 Å². The van der Waals surface area contributed by atoms with Crippen LogP contribution < -0.4 is 10.4 Å². The van der Waals surface area contributed by atoms with Crippen molar-refractivity contribution in [1.29, 1.82) is 0 Å². The van der Waals surface area contributed by atoms with Gasteiger partial charge in [-0.05, 0) is 65.6 Å². The van der Waals surface area contributed by atoms with Crippen LogP contribution in [0.3, 0.4) is 0 Å². The molecule has 0 spiro atoms. The summed E-state index contributed by atoms with van der Waals surface area (Å²) < 4.78 is 12.8. The summed E-state index contributed by atoms with van der Waals surface area (Å²) >= 11 is 0. The number of nitrogens with zero attached hydrogens (tertiary/aromatic N) is 2. The van der Waals surface area contributed by atoms with E-state index in [4.69, 9.17) is 5.21 Å². The average Bonchev–Trinajstić information content (AvgIpc) is 3.19. The number of allylic oxidation sites excluding steroid dienone is 1. The standard InChI is InChI=1S/C14H10FNO.C10H12N2O2/c15-14-3-1-12(2-4-14)13(10-17)9-11-5-7-16-8-6-11;1-12-5-4-7-2-3-8(6-9(7)12)10(13)11-14/h1-10H;2-3,6,14H,4-5H2,1H3,(H,11,13)/b13-9-;. The molecule has 1 amide bonds. The number of aromatic nitrogens is 1. The predicted octanol–water partition coefficient (Wildman–Crippen LogP) is 3.76. The third-order valence-corrected chi connectivity index (χ3v) is 4.91. The first kappa shape index (κ1) is 21.9. The monoisotopic (exact) mass is 419 g/mol. The second kappa shape index (κ2) is 10.3.